The van der Waals surface area contributed by atoms with Crippen LogP contribution in [0.1, 0.15) is 48.4 Å². The second-order valence-electron chi connectivity index (χ2n) is 7.82. The zero-order chi connectivity index (χ0) is 21.4. The molecule has 156 valence electrons. The highest BCUT2D eigenvalue weighted by Crippen LogP contribution is 2.16. The number of carbonyl (C=O) groups excluding carboxylic acids is 2. The topological polar surface area (TPSA) is 91.8 Å². The molecule has 2 amide bonds. The normalized spacial score (nSPS) is 12.2. The van der Waals surface area contributed by atoms with Gasteiger partial charge in [0, 0.05) is 19.8 Å². The molecule has 1 atom stereocenters. The van der Waals surface area contributed by atoms with E-state index in [4.69, 9.17) is 4.74 Å². The summed E-state index contributed by atoms with van der Waals surface area (Å²) in [7, 11) is 1.70. The summed E-state index contributed by atoms with van der Waals surface area (Å²) in [5, 5.41) is 12.6. The third-order valence-electron chi connectivity index (χ3n) is 4.18. The molecule has 1 heterocycles. The first-order valence-corrected chi connectivity index (χ1v) is 9.55. The second-order valence-corrected chi connectivity index (χ2v) is 7.82. The van der Waals surface area contributed by atoms with E-state index in [0.717, 1.165) is 11.1 Å². The van der Waals surface area contributed by atoms with Gasteiger partial charge in [-0.1, -0.05) is 30.3 Å². The minimum Gasteiger partial charge on any atom is -0.444 e. The van der Waals surface area contributed by atoms with Crippen molar-refractivity contribution >= 4 is 12.0 Å². The Morgan fingerprint density at radius 2 is 1.97 bits per heavy atom. The number of benzene rings is 1. The Balaban J connectivity index is 2.00. The molecule has 7 nitrogen and oxygen atoms in total. The van der Waals surface area contributed by atoms with Crippen LogP contribution in [0, 0.1) is 0 Å². The van der Waals surface area contributed by atoms with E-state index in [1.807, 2.05) is 45.0 Å². The van der Waals surface area contributed by atoms with Gasteiger partial charge in [0.1, 0.15) is 11.3 Å². The van der Waals surface area contributed by atoms with E-state index >= 15 is 0 Å². The van der Waals surface area contributed by atoms with Crippen LogP contribution in [0.2, 0.25) is 0 Å². The van der Waals surface area contributed by atoms with Gasteiger partial charge in [-0.25, -0.2) is 4.79 Å². The van der Waals surface area contributed by atoms with Crippen molar-refractivity contribution in [1.82, 2.24) is 15.2 Å². The van der Waals surface area contributed by atoms with Crippen molar-refractivity contribution in [3.05, 3.63) is 65.5 Å². The molecule has 0 bridgehead atoms. The van der Waals surface area contributed by atoms with Crippen molar-refractivity contribution in [1.29, 1.82) is 0 Å². The van der Waals surface area contributed by atoms with Crippen LogP contribution < -0.4 is 5.32 Å². The van der Waals surface area contributed by atoms with E-state index in [1.165, 1.54) is 4.90 Å². The number of nitrogens with zero attached hydrogens (tertiary/aromatic N) is 2. The zero-order valence-corrected chi connectivity index (χ0v) is 17.4. The molecule has 0 aliphatic rings. The van der Waals surface area contributed by atoms with Crippen LogP contribution in [-0.4, -0.2) is 52.8 Å². The highest BCUT2D eigenvalue weighted by Gasteiger charge is 2.20. The Kier molecular flexibility index (Phi) is 7.73. The number of hydrogen-bond acceptors (Lipinski definition) is 5. The lowest BCUT2D eigenvalue weighted by atomic mass is 10.0. The highest BCUT2D eigenvalue weighted by atomic mass is 16.6. The predicted molar refractivity (Wildman–Crippen MR) is 111 cm³/mol. The fourth-order valence-corrected chi connectivity index (χ4v) is 2.66. The smallest absolute Gasteiger partial charge is 0.410 e. The highest BCUT2D eigenvalue weighted by molar-refractivity contribution is 5.92. The summed E-state index contributed by atoms with van der Waals surface area (Å²) in [6, 6.07) is 12.1. The van der Waals surface area contributed by atoms with Gasteiger partial charge in [0.05, 0.1) is 12.6 Å². The minimum absolute atomic E-state index is 0.236. The number of pyridine rings is 1. The average molecular weight is 399 g/mol. The van der Waals surface area contributed by atoms with Gasteiger partial charge in [0.25, 0.3) is 5.91 Å². The first-order valence-electron chi connectivity index (χ1n) is 9.55. The lowest BCUT2D eigenvalue weighted by molar-refractivity contribution is 0.0300. The number of aliphatic hydroxyl groups excluding tert-OH is 1. The maximum atomic E-state index is 12.3. The fraction of sp³-hybridized carbons (Fsp3) is 0.409. The molecule has 0 saturated heterocycles. The van der Waals surface area contributed by atoms with Gasteiger partial charge >= 0.3 is 6.09 Å². The number of hydrogen-bond donors (Lipinski definition) is 2. The number of ether oxygens (including phenoxy) is 1. The third kappa shape index (κ3) is 7.19. The Labute approximate surface area is 171 Å². The first-order chi connectivity index (χ1) is 13.7. The molecule has 2 rings (SSSR count). The van der Waals surface area contributed by atoms with Gasteiger partial charge in [0.15, 0.2) is 0 Å². The molecule has 7 heteroatoms. The van der Waals surface area contributed by atoms with Crippen molar-refractivity contribution in [2.24, 2.45) is 0 Å². The number of rotatable bonds is 7. The van der Waals surface area contributed by atoms with Gasteiger partial charge in [-0.2, -0.15) is 0 Å². The molecule has 0 radical (unpaired) electrons. The van der Waals surface area contributed by atoms with Crippen LogP contribution in [0.5, 0.6) is 0 Å². The standard InChI is InChI=1S/C22H29N3O4/c1-22(2,3)29-21(28)25(4)13-11-16-8-7-9-17(14-16)19(15-26)24-20(27)18-10-5-6-12-23-18/h5-10,12,14,19,26H,11,13,15H2,1-4H3,(H,24,27). The number of carbonyl (C=O) groups is 2. The van der Waals surface area contributed by atoms with Crippen LogP contribution >= 0.6 is 0 Å². The van der Waals surface area contributed by atoms with E-state index in [9.17, 15) is 14.7 Å². The summed E-state index contributed by atoms with van der Waals surface area (Å²) < 4.78 is 5.35. The van der Waals surface area contributed by atoms with Crippen LogP contribution in [0.3, 0.4) is 0 Å². The van der Waals surface area contributed by atoms with Crippen molar-refractivity contribution in [2.45, 2.75) is 38.8 Å². The summed E-state index contributed by atoms with van der Waals surface area (Å²) in [5.41, 5.74) is 1.53. The Bertz CT molecular complexity index is 818. The Morgan fingerprint density at radius 1 is 1.21 bits per heavy atom. The maximum absolute atomic E-state index is 12.3. The molecule has 0 saturated carbocycles. The number of nitrogens with one attached hydrogen (secondary N) is 1. The van der Waals surface area contributed by atoms with E-state index in [-0.39, 0.29) is 18.6 Å². The molecule has 2 aromatic rings. The second kappa shape index (κ2) is 10.0. The van der Waals surface area contributed by atoms with Crippen molar-refractivity contribution in [3.63, 3.8) is 0 Å². The molecular formula is C22H29N3O4. The number of aromatic nitrogens is 1. The third-order valence-corrected chi connectivity index (χ3v) is 4.18. The lowest BCUT2D eigenvalue weighted by Crippen LogP contribution is -2.35. The van der Waals surface area contributed by atoms with E-state index in [0.29, 0.717) is 18.7 Å². The molecule has 0 spiro atoms. The number of amides is 2. The van der Waals surface area contributed by atoms with Crippen LogP contribution in [0.25, 0.3) is 0 Å². The molecule has 1 aromatic carbocycles. The maximum Gasteiger partial charge on any atom is 0.410 e. The molecule has 29 heavy (non-hydrogen) atoms. The molecule has 0 aliphatic carbocycles. The van der Waals surface area contributed by atoms with Gasteiger partial charge in [-0.3, -0.25) is 9.78 Å². The summed E-state index contributed by atoms with van der Waals surface area (Å²) in [5.74, 6) is -0.347. The average Bonchev–Trinajstić information content (AvgIpc) is 2.69. The van der Waals surface area contributed by atoms with E-state index in [1.54, 1.807) is 31.4 Å². The largest absolute Gasteiger partial charge is 0.444 e. The fourth-order valence-electron chi connectivity index (χ4n) is 2.66. The molecule has 1 unspecified atom stereocenters. The first kappa shape index (κ1) is 22.4. The quantitative estimate of drug-likeness (QED) is 0.747. The van der Waals surface area contributed by atoms with Crippen LogP contribution in [0.15, 0.2) is 48.7 Å². The monoisotopic (exact) mass is 399 g/mol. The number of likely N-dealkylation sites (N-methyl/N-ethyl adjacent to an activating group) is 1. The minimum atomic E-state index is -0.548. The van der Waals surface area contributed by atoms with Gasteiger partial charge in [0.2, 0.25) is 0 Å². The van der Waals surface area contributed by atoms with Crippen molar-refractivity contribution < 1.29 is 19.4 Å². The van der Waals surface area contributed by atoms with Crippen LogP contribution in [0.4, 0.5) is 4.79 Å². The van der Waals surface area contributed by atoms with Gasteiger partial charge in [-0.15, -0.1) is 0 Å². The molecular weight excluding hydrogens is 370 g/mol. The molecule has 0 fully saturated rings. The Hall–Kier alpha value is -2.93. The summed E-state index contributed by atoms with van der Waals surface area (Å²) in [4.78, 5) is 30.0. The summed E-state index contributed by atoms with van der Waals surface area (Å²) in [6.45, 7) is 5.74. The molecule has 1 aromatic heterocycles. The van der Waals surface area contributed by atoms with Gasteiger partial charge < -0.3 is 20.1 Å². The summed E-state index contributed by atoms with van der Waals surface area (Å²) >= 11 is 0. The molecule has 0 aliphatic heterocycles. The van der Waals surface area contributed by atoms with Gasteiger partial charge in [-0.05, 0) is 50.5 Å². The Morgan fingerprint density at radius 3 is 2.59 bits per heavy atom. The number of aliphatic hydroxyl groups is 1. The van der Waals surface area contributed by atoms with Crippen molar-refractivity contribution in [2.75, 3.05) is 20.2 Å². The summed E-state index contributed by atoms with van der Waals surface area (Å²) in [6.07, 6.45) is 1.80. The lowest BCUT2D eigenvalue weighted by Gasteiger charge is -2.24. The molecule has 2 N–H and O–H groups in total. The van der Waals surface area contributed by atoms with E-state index in [2.05, 4.69) is 10.3 Å². The zero-order valence-electron chi connectivity index (χ0n) is 17.4. The van der Waals surface area contributed by atoms with Crippen LogP contribution in [-0.2, 0) is 11.2 Å². The SMILES string of the molecule is CN(CCc1cccc(C(CO)NC(=O)c2ccccn2)c1)C(=O)OC(C)(C)C. The van der Waals surface area contributed by atoms with Crippen molar-refractivity contribution in [3.8, 4) is 0 Å². The predicted octanol–water partition coefficient (Wildman–Crippen LogP) is 2.95. The van der Waals surface area contributed by atoms with E-state index < -0.39 is 11.6 Å².